The van der Waals surface area contributed by atoms with E-state index in [0.29, 0.717) is 10.9 Å². The van der Waals surface area contributed by atoms with Gasteiger partial charge in [-0.3, -0.25) is 4.79 Å². The molecule has 22 heavy (non-hydrogen) atoms. The SMILES string of the molecule is O=C(NC1CC2CNC1C2)c1ccc(-c2ccccc2O)s1. The Kier molecular flexibility index (Phi) is 3.39. The third-order valence-corrected chi connectivity index (χ3v) is 5.76. The van der Waals surface area contributed by atoms with E-state index in [9.17, 15) is 9.90 Å². The molecule has 0 spiro atoms. The molecule has 114 valence electrons. The Morgan fingerprint density at radius 2 is 2.09 bits per heavy atom. The van der Waals surface area contributed by atoms with Gasteiger partial charge in [0.15, 0.2) is 0 Å². The van der Waals surface area contributed by atoms with E-state index in [0.717, 1.165) is 29.3 Å². The van der Waals surface area contributed by atoms with Crippen molar-refractivity contribution in [1.29, 1.82) is 0 Å². The fourth-order valence-corrected chi connectivity index (χ4v) is 4.48. The number of nitrogens with one attached hydrogen (secondary N) is 2. The van der Waals surface area contributed by atoms with Crippen LogP contribution in [0.3, 0.4) is 0 Å². The lowest BCUT2D eigenvalue weighted by Gasteiger charge is -2.23. The van der Waals surface area contributed by atoms with Gasteiger partial charge >= 0.3 is 0 Å². The predicted octanol–water partition coefficient (Wildman–Crippen LogP) is 2.60. The summed E-state index contributed by atoms with van der Waals surface area (Å²) in [6.07, 6.45) is 2.26. The van der Waals surface area contributed by atoms with Gasteiger partial charge in [0.2, 0.25) is 0 Å². The van der Waals surface area contributed by atoms with Crippen molar-refractivity contribution in [2.24, 2.45) is 5.92 Å². The van der Waals surface area contributed by atoms with E-state index in [1.165, 1.54) is 17.8 Å². The molecule has 2 aliphatic rings. The van der Waals surface area contributed by atoms with E-state index in [-0.39, 0.29) is 17.7 Å². The van der Waals surface area contributed by atoms with Crippen LogP contribution in [0.1, 0.15) is 22.5 Å². The fourth-order valence-electron chi connectivity index (χ4n) is 3.54. The van der Waals surface area contributed by atoms with E-state index >= 15 is 0 Å². The van der Waals surface area contributed by atoms with Gasteiger partial charge in [-0.15, -0.1) is 11.3 Å². The Bertz CT molecular complexity index is 712. The van der Waals surface area contributed by atoms with Crippen LogP contribution in [0, 0.1) is 5.92 Å². The van der Waals surface area contributed by atoms with Crippen LogP contribution in [0.25, 0.3) is 10.4 Å². The third-order valence-electron chi connectivity index (χ3n) is 4.64. The summed E-state index contributed by atoms with van der Waals surface area (Å²) in [7, 11) is 0. The highest BCUT2D eigenvalue weighted by Gasteiger charge is 2.40. The van der Waals surface area contributed by atoms with Crippen molar-refractivity contribution in [3.63, 3.8) is 0 Å². The minimum Gasteiger partial charge on any atom is -0.507 e. The second-order valence-corrected chi connectivity index (χ2v) is 7.20. The molecule has 2 heterocycles. The summed E-state index contributed by atoms with van der Waals surface area (Å²) >= 11 is 1.42. The number of amides is 1. The standard InChI is InChI=1S/C17H18N2O2S/c20-14-4-2-1-3-11(14)15-5-6-16(22-15)17(21)19-13-8-10-7-12(13)18-9-10/h1-6,10,12-13,18,20H,7-9H2,(H,19,21). The van der Waals surface area contributed by atoms with E-state index < -0.39 is 0 Å². The number of phenolic OH excluding ortho intramolecular Hbond substituents is 1. The van der Waals surface area contributed by atoms with Crippen LogP contribution in [-0.2, 0) is 0 Å². The Balaban J connectivity index is 1.49. The lowest BCUT2D eigenvalue weighted by atomic mass is 10.1. The first-order valence-electron chi connectivity index (χ1n) is 7.63. The molecule has 1 aromatic carbocycles. The topological polar surface area (TPSA) is 61.4 Å². The number of carbonyl (C=O) groups is 1. The molecule has 1 amide bonds. The number of benzene rings is 1. The lowest BCUT2D eigenvalue weighted by Crippen LogP contribution is -2.47. The molecule has 0 radical (unpaired) electrons. The van der Waals surface area contributed by atoms with Crippen molar-refractivity contribution in [3.05, 3.63) is 41.3 Å². The molecule has 2 aromatic rings. The first-order valence-corrected chi connectivity index (χ1v) is 8.45. The van der Waals surface area contributed by atoms with E-state index in [1.807, 2.05) is 24.3 Å². The molecule has 4 rings (SSSR count). The van der Waals surface area contributed by atoms with Gasteiger partial charge in [0, 0.05) is 22.5 Å². The Morgan fingerprint density at radius 1 is 1.23 bits per heavy atom. The largest absolute Gasteiger partial charge is 0.507 e. The number of para-hydroxylation sites is 1. The number of thiophene rings is 1. The Hall–Kier alpha value is -1.85. The van der Waals surface area contributed by atoms with Gasteiger partial charge < -0.3 is 15.7 Å². The van der Waals surface area contributed by atoms with Gasteiger partial charge in [-0.25, -0.2) is 0 Å². The summed E-state index contributed by atoms with van der Waals surface area (Å²) in [6, 6.07) is 11.6. The molecule has 5 heteroatoms. The van der Waals surface area contributed by atoms with Gasteiger partial charge in [0.05, 0.1) is 4.88 Å². The molecule has 1 saturated carbocycles. The van der Waals surface area contributed by atoms with Crippen LogP contribution in [0.4, 0.5) is 0 Å². The number of rotatable bonds is 3. The maximum Gasteiger partial charge on any atom is 0.261 e. The van der Waals surface area contributed by atoms with E-state index in [2.05, 4.69) is 10.6 Å². The van der Waals surface area contributed by atoms with Gasteiger partial charge in [0.25, 0.3) is 5.91 Å². The maximum atomic E-state index is 12.4. The Labute approximate surface area is 133 Å². The van der Waals surface area contributed by atoms with Crippen molar-refractivity contribution in [1.82, 2.24) is 10.6 Å². The van der Waals surface area contributed by atoms with Crippen molar-refractivity contribution in [2.45, 2.75) is 24.9 Å². The first-order chi connectivity index (χ1) is 10.7. The zero-order chi connectivity index (χ0) is 15.1. The number of hydrogen-bond donors (Lipinski definition) is 3. The lowest BCUT2D eigenvalue weighted by molar-refractivity contribution is 0.0932. The second kappa shape index (κ2) is 5.41. The molecule has 1 aliphatic carbocycles. The first kappa shape index (κ1) is 13.8. The summed E-state index contributed by atoms with van der Waals surface area (Å²) in [6.45, 7) is 1.09. The highest BCUT2D eigenvalue weighted by Crippen LogP contribution is 2.35. The van der Waals surface area contributed by atoms with Crippen molar-refractivity contribution in [3.8, 4) is 16.2 Å². The quantitative estimate of drug-likeness (QED) is 0.816. The smallest absolute Gasteiger partial charge is 0.261 e. The molecular weight excluding hydrogens is 296 g/mol. The molecule has 2 fully saturated rings. The molecule has 1 aliphatic heterocycles. The number of phenols is 1. The van der Waals surface area contributed by atoms with Crippen LogP contribution < -0.4 is 10.6 Å². The molecule has 2 bridgehead atoms. The molecular formula is C17H18N2O2S. The highest BCUT2D eigenvalue weighted by molar-refractivity contribution is 7.17. The predicted molar refractivity (Wildman–Crippen MR) is 87.2 cm³/mol. The van der Waals surface area contributed by atoms with Crippen molar-refractivity contribution in [2.75, 3.05) is 6.54 Å². The average Bonchev–Trinajstić information content (AvgIpc) is 3.24. The second-order valence-electron chi connectivity index (χ2n) is 6.11. The summed E-state index contributed by atoms with van der Waals surface area (Å²) < 4.78 is 0. The zero-order valence-corrected chi connectivity index (χ0v) is 12.9. The van der Waals surface area contributed by atoms with Crippen LogP contribution in [0.15, 0.2) is 36.4 Å². The monoisotopic (exact) mass is 314 g/mol. The summed E-state index contributed by atoms with van der Waals surface area (Å²) in [4.78, 5) is 14.0. The number of hydrogen-bond acceptors (Lipinski definition) is 4. The van der Waals surface area contributed by atoms with Crippen molar-refractivity contribution >= 4 is 17.2 Å². The highest BCUT2D eigenvalue weighted by atomic mass is 32.1. The van der Waals surface area contributed by atoms with Crippen LogP contribution in [-0.4, -0.2) is 29.6 Å². The molecule has 1 saturated heterocycles. The van der Waals surface area contributed by atoms with Crippen LogP contribution in [0.2, 0.25) is 0 Å². The van der Waals surface area contributed by atoms with Crippen LogP contribution in [0.5, 0.6) is 5.75 Å². The Morgan fingerprint density at radius 3 is 2.82 bits per heavy atom. The number of piperidine rings is 1. The van der Waals surface area contributed by atoms with Gasteiger partial charge in [-0.2, -0.15) is 0 Å². The van der Waals surface area contributed by atoms with Crippen molar-refractivity contribution < 1.29 is 9.90 Å². The summed E-state index contributed by atoms with van der Waals surface area (Å²) in [5, 5.41) is 16.5. The normalized spacial score (nSPS) is 26.3. The zero-order valence-electron chi connectivity index (χ0n) is 12.1. The molecule has 1 aromatic heterocycles. The number of carbonyl (C=O) groups excluding carboxylic acids is 1. The third kappa shape index (κ3) is 2.40. The molecule has 4 nitrogen and oxygen atoms in total. The van der Waals surface area contributed by atoms with E-state index in [1.54, 1.807) is 12.1 Å². The summed E-state index contributed by atoms with van der Waals surface area (Å²) in [5.41, 5.74) is 0.771. The van der Waals surface area contributed by atoms with Crippen LogP contribution >= 0.6 is 11.3 Å². The van der Waals surface area contributed by atoms with Gasteiger partial charge in [0.1, 0.15) is 5.75 Å². The molecule has 3 atom stereocenters. The van der Waals surface area contributed by atoms with E-state index in [4.69, 9.17) is 0 Å². The molecule has 3 N–H and O–H groups in total. The number of fused-ring (bicyclic) bond motifs is 2. The average molecular weight is 314 g/mol. The minimum absolute atomic E-state index is 0.00831. The van der Waals surface area contributed by atoms with Gasteiger partial charge in [-0.1, -0.05) is 12.1 Å². The fraction of sp³-hybridized carbons (Fsp3) is 0.353. The molecule has 3 unspecified atom stereocenters. The minimum atomic E-state index is -0.00831. The summed E-state index contributed by atoms with van der Waals surface area (Å²) in [5.74, 6) is 0.954. The maximum absolute atomic E-state index is 12.4. The van der Waals surface area contributed by atoms with Gasteiger partial charge in [-0.05, 0) is 49.6 Å². The number of aromatic hydroxyl groups is 1.